The van der Waals surface area contributed by atoms with Crippen LogP contribution in [0.4, 0.5) is 10.6 Å². The molecule has 1 aromatic rings. The molecule has 9 heteroatoms. The predicted octanol–water partition coefficient (Wildman–Crippen LogP) is 2.90. The quantitative estimate of drug-likeness (QED) is 0.719. The summed E-state index contributed by atoms with van der Waals surface area (Å²) in [5.41, 5.74) is -0.304. The normalized spacial score (nSPS) is 15.9. The number of amides is 1. The third-order valence-corrected chi connectivity index (χ3v) is 5.18. The molecular formula is C20H26ClN5O3. The maximum absolute atomic E-state index is 12.2. The maximum atomic E-state index is 12.2. The highest BCUT2D eigenvalue weighted by atomic mass is 35.5. The number of aliphatic hydroxyl groups excluding tert-OH is 1. The second-order valence-corrected chi connectivity index (χ2v) is 8.44. The van der Waals surface area contributed by atoms with Gasteiger partial charge in [-0.2, -0.15) is 10.5 Å². The van der Waals surface area contributed by atoms with Crippen molar-refractivity contribution in [3.8, 4) is 12.1 Å². The first kappa shape index (κ1) is 22.7. The topological polar surface area (TPSA) is 122 Å². The van der Waals surface area contributed by atoms with Gasteiger partial charge in [0.2, 0.25) is 0 Å². The molecule has 1 aromatic heterocycles. The molecule has 0 unspecified atom stereocenters. The number of aliphatic hydroxyl groups is 1. The molecule has 8 nitrogen and oxygen atoms in total. The Balaban J connectivity index is 2.24. The van der Waals surface area contributed by atoms with Crippen molar-refractivity contribution in [2.45, 2.75) is 58.1 Å². The Morgan fingerprint density at radius 3 is 2.34 bits per heavy atom. The molecule has 0 aliphatic carbocycles. The highest BCUT2D eigenvalue weighted by Gasteiger charge is 2.38. The molecule has 2 heterocycles. The van der Waals surface area contributed by atoms with Gasteiger partial charge in [0.15, 0.2) is 0 Å². The van der Waals surface area contributed by atoms with E-state index in [1.165, 1.54) is 0 Å². The minimum atomic E-state index is -0.810. The first-order valence-electron chi connectivity index (χ1n) is 9.49. The van der Waals surface area contributed by atoms with E-state index in [2.05, 4.69) is 16.4 Å². The van der Waals surface area contributed by atoms with Crippen LogP contribution in [0.1, 0.15) is 57.2 Å². The second-order valence-electron chi connectivity index (χ2n) is 8.08. The minimum Gasteiger partial charge on any atom is -0.444 e. The van der Waals surface area contributed by atoms with E-state index in [-0.39, 0.29) is 17.3 Å². The molecule has 0 bridgehead atoms. The summed E-state index contributed by atoms with van der Waals surface area (Å²) < 4.78 is 5.31. The summed E-state index contributed by atoms with van der Waals surface area (Å²) in [6.07, 6.45) is 0.781. The molecule has 0 aromatic carbocycles. The van der Waals surface area contributed by atoms with Gasteiger partial charge in [-0.15, -0.1) is 0 Å². The number of nitrogens with one attached hydrogen (secondary N) is 1. The lowest BCUT2D eigenvalue weighted by molar-refractivity contribution is 0.0364. The number of alkyl carbamates (subject to hydrolysis) is 1. The summed E-state index contributed by atoms with van der Waals surface area (Å²) in [4.78, 5) is 18.4. The maximum Gasteiger partial charge on any atom is 0.408 e. The second kappa shape index (κ2) is 8.86. The number of hydrogen-bond acceptors (Lipinski definition) is 7. The van der Waals surface area contributed by atoms with Crippen LogP contribution < -0.4 is 10.2 Å². The van der Waals surface area contributed by atoms with Crippen LogP contribution >= 0.6 is 11.6 Å². The van der Waals surface area contributed by atoms with Gasteiger partial charge in [0.1, 0.15) is 28.7 Å². The van der Waals surface area contributed by atoms with Gasteiger partial charge in [0, 0.05) is 13.1 Å². The number of hydrogen-bond donors (Lipinski definition) is 2. The fourth-order valence-electron chi connectivity index (χ4n) is 3.39. The highest BCUT2D eigenvalue weighted by molar-refractivity contribution is 6.30. The van der Waals surface area contributed by atoms with Crippen molar-refractivity contribution in [3.63, 3.8) is 0 Å². The Kier molecular flexibility index (Phi) is 6.94. The average molecular weight is 420 g/mol. The van der Waals surface area contributed by atoms with Gasteiger partial charge in [-0.1, -0.05) is 18.5 Å². The molecule has 0 atom stereocenters. The lowest BCUT2D eigenvalue weighted by atomic mass is 9.88. The summed E-state index contributed by atoms with van der Waals surface area (Å²) in [5.74, 6) is 0.428. The fraction of sp³-hybridized carbons (Fsp3) is 0.600. The molecule has 29 heavy (non-hydrogen) atoms. The number of rotatable bonds is 4. The summed E-state index contributed by atoms with van der Waals surface area (Å²) in [5, 5.41) is 31.8. The summed E-state index contributed by atoms with van der Waals surface area (Å²) in [6, 6.07) is 4.18. The van der Waals surface area contributed by atoms with Crippen LogP contribution in [-0.4, -0.2) is 47.0 Å². The van der Waals surface area contributed by atoms with Gasteiger partial charge in [0.05, 0.1) is 23.3 Å². The van der Waals surface area contributed by atoms with Crippen molar-refractivity contribution in [2.75, 3.05) is 24.6 Å². The molecule has 156 valence electrons. The number of halogens is 1. The van der Waals surface area contributed by atoms with E-state index in [0.717, 1.165) is 0 Å². The number of carbonyl (C=O) groups is 1. The van der Waals surface area contributed by atoms with E-state index in [1.54, 1.807) is 20.8 Å². The number of nitrogens with zero attached hydrogens (tertiary/aromatic N) is 4. The highest BCUT2D eigenvalue weighted by Crippen LogP contribution is 2.32. The zero-order valence-corrected chi connectivity index (χ0v) is 17.9. The van der Waals surface area contributed by atoms with Crippen molar-refractivity contribution in [1.82, 2.24) is 10.3 Å². The van der Waals surface area contributed by atoms with Crippen LogP contribution in [0, 0.1) is 22.7 Å². The molecule has 0 radical (unpaired) electrons. The molecule has 0 spiro atoms. The third-order valence-electron chi connectivity index (χ3n) is 4.90. The zero-order chi connectivity index (χ0) is 21.8. The van der Waals surface area contributed by atoms with Gasteiger partial charge >= 0.3 is 6.09 Å². The summed E-state index contributed by atoms with van der Waals surface area (Å²) >= 11 is 6.19. The van der Waals surface area contributed by atoms with Gasteiger partial charge in [-0.05, 0) is 45.6 Å². The number of aromatic nitrogens is 1. The van der Waals surface area contributed by atoms with Crippen LogP contribution in [0.2, 0.25) is 5.15 Å². The molecule has 1 aliphatic heterocycles. The molecule has 2 rings (SSSR count). The number of nitriles is 2. The summed E-state index contributed by atoms with van der Waals surface area (Å²) in [7, 11) is 0. The molecule has 0 saturated carbocycles. The van der Waals surface area contributed by atoms with Crippen molar-refractivity contribution in [2.24, 2.45) is 0 Å². The SMILES string of the molecule is CCc1c(C#N)c(Cl)nc(N2CCC(CO)(NC(=O)OC(C)(C)C)CC2)c1C#N. The molecule has 1 fully saturated rings. The van der Waals surface area contributed by atoms with Crippen LogP contribution in [-0.2, 0) is 11.2 Å². The van der Waals surface area contributed by atoms with Crippen molar-refractivity contribution < 1.29 is 14.6 Å². The number of piperidine rings is 1. The van der Waals surface area contributed by atoms with Crippen LogP contribution in [0.5, 0.6) is 0 Å². The first-order valence-corrected chi connectivity index (χ1v) is 9.87. The molecular weight excluding hydrogens is 394 g/mol. The van der Waals surface area contributed by atoms with E-state index < -0.39 is 17.2 Å². The van der Waals surface area contributed by atoms with E-state index in [1.807, 2.05) is 17.9 Å². The van der Waals surface area contributed by atoms with E-state index in [4.69, 9.17) is 16.3 Å². The molecule has 1 aliphatic rings. The van der Waals surface area contributed by atoms with Gasteiger partial charge in [-0.3, -0.25) is 0 Å². The van der Waals surface area contributed by atoms with Crippen molar-refractivity contribution >= 4 is 23.5 Å². The van der Waals surface area contributed by atoms with Crippen LogP contribution in [0.25, 0.3) is 0 Å². The minimum absolute atomic E-state index is 0.0734. The number of ether oxygens (including phenoxy) is 1. The fourth-order valence-corrected chi connectivity index (χ4v) is 3.63. The van der Waals surface area contributed by atoms with Gasteiger partial charge < -0.3 is 20.1 Å². The van der Waals surface area contributed by atoms with Crippen molar-refractivity contribution in [3.05, 3.63) is 21.8 Å². The molecule has 1 saturated heterocycles. The molecule has 1 amide bonds. The number of carbonyl (C=O) groups excluding carboxylic acids is 1. The lowest BCUT2D eigenvalue weighted by Crippen LogP contribution is -2.58. The standard InChI is InChI=1S/C20H26ClN5O3/c1-5-13-14(10-22)16(21)24-17(15(13)11-23)26-8-6-20(12-27,7-9-26)25-18(28)29-19(2,3)4/h27H,5-9,12H2,1-4H3,(H,25,28). The average Bonchev–Trinajstić information content (AvgIpc) is 2.66. The van der Waals surface area contributed by atoms with Gasteiger partial charge in [0.25, 0.3) is 0 Å². The summed E-state index contributed by atoms with van der Waals surface area (Å²) in [6.45, 7) is 7.84. The third kappa shape index (κ3) is 5.09. The van der Waals surface area contributed by atoms with Gasteiger partial charge in [-0.25, -0.2) is 9.78 Å². The molecule has 2 N–H and O–H groups in total. The predicted molar refractivity (Wildman–Crippen MR) is 109 cm³/mol. The Bertz CT molecular complexity index is 859. The monoisotopic (exact) mass is 419 g/mol. The van der Waals surface area contributed by atoms with Crippen molar-refractivity contribution in [1.29, 1.82) is 10.5 Å². The van der Waals surface area contributed by atoms with E-state index in [9.17, 15) is 20.4 Å². The Morgan fingerprint density at radius 1 is 1.31 bits per heavy atom. The van der Waals surface area contributed by atoms with Crippen LogP contribution in [0.15, 0.2) is 0 Å². The van der Waals surface area contributed by atoms with E-state index >= 15 is 0 Å². The lowest BCUT2D eigenvalue weighted by Gasteiger charge is -2.42. The number of pyridine rings is 1. The zero-order valence-electron chi connectivity index (χ0n) is 17.2. The number of anilines is 1. The first-order chi connectivity index (χ1) is 13.6. The Labute approximate surface area is 176 Å². The smallest absolute Gasteiger partial charge is 0.408 e. The van der Waals surface area contributed by atoms with E-state index in [0.29, 0.717) is 49.3 Å². The Hall–Kier alpha value is -2.55. The Morgan fingerprint density at radius 2 is 1.90 bits per heavy atom. The van der Waals surface area contributed by atoms with Crippen LogP contribution in [0.3, 0.4) is 0 Å². The largest absolute Gasteiger partial charge is 0.444 e.